The van der Waals surface area contributed by atoms with Crippen molar-refractivity contribution in [1.82, 2.24) is 15.1 Å². The van der Waals surface area contributed by atoms with Gasteiger partial charge in [0.1, 0.15) is 5.82 Å². The van der Waals surface area contributed by atoms with E-state index in [-0.39, 0.29) is 11.9 Å². The summed E-state index contributed by atoms with van der Waals surface area (Å²) in [6.45, 7) is 5.54. The molecule has 1 heterocycles. The quantitative estimate of drug-likeness (QED) is 0.880. The molecule has 0 bridgehead atoms. The van der Waals surface area contributed by atoms with E-state index in [1.807, 2.05) is 29.8 Å². The van der Waals surface area contributed by atoms with Crippen LogP contribution in [0.2, 0.25) is 0 Å². The van der Waals surface area contributed by atoms with Crippen LogP contribution < -0.4 is 5.32 Å². The van der Waals surface area contributed by atoms with Gasteiger partial charge in [0.15, 0.2) is 0 Å². The van der Waals surface area contributed by atoms with E-state index in [2.05, 4.69) is 17.3 Å². The molecule has 96 valence electrons. The summed E-state index contributed by atoms with van der Waals surface area (Å²) in [5.74, 6) is -0.165. The zero-order valence-corrected chi connectivity index (χ0v) is 10.7. The van der Waals surface area contributed by atoms with Crippen LogP contribution in [0.15, 0.2) is 36.5 Å². The van der Waals surface area contributed by atoms with Crippen molar-refractivity contribution in [3.63, 3.8) is 0 Å². The van der Waals surface area contributed by atoms with E-state index in [4.69, 9.17) is 0 Å². The molecule has 1 aromatic heterocycles. The maximum Gasteiger partial charge on any atom is 0.127 e. The van der Waals surface area contributed by atoms with E-state index in [1.165, 1.54) is 6.07 Å². The molecule has 4 heteroatoms. The van der Waals surface area contributed by atoms with Gasteiger partial charge in [-0.25, -0.2) is 4.39 Å². The molecule has 1 N–H and O–H groups in total. The van der Waals surface area contributed by atoms with Gasteiger partial charge in [-0.15, -0.1) is 0 Å². The molecular weight excluding hydrogens is 229 g/mol. The molecule has 0 saturated heterocycles. The zero-order chi connectivity index (χ0) is 13.0. The molecule has 2 rings (SSSR count). The highest BCUT2D eigenvalue weighted by molar-refractivity contribution is 5.20. The normalized spacial score (nSPS) is 12.6. The molecule has 1 atom stereocenters. The summed E-state index contributed by atoms with van der Waals surface area (Å²) in [6, 6.07) is 8.81. The van der Waals surface area contributed by atoms with Crippen molar-refractivity contribution in [1.29, 1.82) is 0 Å². The predicted octanol–water partition coefficient (Wildman–Crippen LogP) is 2.89. The first-order chi connectivity index (χ1) is 8.72. The van der Waals surface area contributed by atoms with Crippen LogP contribution in [0.3, 0.4) is 0 Å². The van der Waals surface area contributed by atoms with Crippen LogP contribution in [0.5, 0.6) is 0 Å². The smallest absolute Gasteiger partial charge is 0.127 e. The van der Waals surface area contributed by atoms with Gasteiger partial charge in [0.25, 0.3) is 0 Å². The van der Waals surface area contributed by atoms with Crippen molar-refractivity contribution in [2.24, 2.45) is 0 Å². The lowest BCUT2D eigenvalue weighted by Gasteiger charge is -2.15. The summed E-state index contributed by atoms with van der Waals surface area (Å²) in [4.78, 5) is 0. The lowest BCUT2D eigenvalue weighted by Crippen LogP contribution is -2.21. The topological polar surface area (TPSA) is 29.9 Å². The van der Waals surface area contributed by atoms with Crippen LogP contribution in [0.4, 0.5) is 4.39 Å². The Morgan fingerprint density at radius 1 is 1.33 bits per heavy atom. The van der Waals surface area contributed by atoms with Crippen molar-refractivity contribution >= 4 is 0 Å². The Morgan fingerprint density at radius 2 is 2.11 bits per heavy atom. The fraction of sp³-hybridized carbons (Fsp3) is 0.357. The number of aryl methyl sites for hydroxylation is 1. The maximum atomic E-state index is 13.6. The zero-order valence-electron chi connectivity index (χ0n) is 10.7. The number of nitrogens with zero attached hydrogens (tertiary/aromatic N) is 2. The second kappa shape index (κ2) is 5.78. The van der Waals surface area contributed by atoms with E-state index in [0.29, 0.717) is 12.1 Å². The Labute approximate surface area is 107 Å². The van der Waals surface area contributed by atoms with Crippen LogP contribution >= 0.6 is 0 Å². The molecule has 0 saturated carbocycles. The van der Waals surface area contributed by atoms with E-state index >= 15 is 0 Å². The van der Waals surface area contributed by atoms with Gasteiger partial charge >= 0.3 is 0 Å². The number of nitrogens with one attached hydrogen (secondary N) is 1. The molecule has 0 aliphatic carbocycles. The highest BCUT2D eigenvalue weighted by Crippen LogP contribution is 2.16. The number of hydrogen-bond donors (Lipinski definition) is 1. The number of aromatic nitrogens is 2. The molecule has 0 unspecified atom stereocenters. The van der Waals surface area contributed by atoms with Gasteiger partial charge in [0.05, 0.1) is 5.69 Å². The highest BCUT2D eigenvalue weighted by atomic mass is 19.1. The average molecular weight is 247 g/mol. The Hall–Kier alpha value is -1.68. The Kier molecular flexibility index (Phi) is 4.10. The van der Waals surface area contributed by atoms with Gasteiger partial charge in [-0.1, -0.05) is 18.2 Å². The second-order valence-electron chi connectivity index (χ2n) is 4.26. The lowest BCUT2D eigenvalue weighted by atomic mass is 10.1. The minimum atomic E-state index is -0.165. The minimum absolute atomic E-state index is 0.0218. The molecule has 2 aromatic rings. The van der Waals surface area contributed by atoms with Gasteiger partial charge in [-0.05, 0) is 26.0 Å². The molecule has 18 heavy (non-hydrogen) atoms. The summed E-state index contributed by atoms with van der Waals surface area (Å²) >= 11 is 0. The molecule has 1 aromatic carbocycles. The van der Waals surface area contributed by atoms with Crippen molar-refractivity contribution in [3.8, 4) is 0 Å². The average Bonchev–Trinajstić information content (AvgIpc) is 2.84. The second-order valence-corrected chi connectivity index (χ2v) is 4.26. The third-order valence-electron chi connectivity index (χ3n) is 3.07. The van der Waals surface area contributed by atoms with Crippen molar-refractivity contribution < 1.29 is 4.39 Å². The molecule has 3 nitrogen and oxygen atoms in total. The first-order valence-electron chi connectivity index (χ1n) is 6.21. The van der Waals surface area contributed by atoms with Gasteiger partial charge in [0, 0.05) is 30.9 Å². The highest BCUT2D eigenvalue weighted by Gasteiger charge is 2.10. The SMILES string of the molecule is CCn1nccc1CN[C@H](C)c1ccccc1F. The van der Waals surface area contributed by atoms with Crippen LogP contribution in [0, 0.1) is 5.82 Å². The standard InChI is InChI=1S/C14H18FN3/c1-3-18-12(8-9-17-18)10-16-11(2)13-6-4-5-7-14(13)15/h4-9,11,16H,3,10H2,1-2H3/t11-/m1/s1. The van der Waals surface area contributed by atoms with Crippen LogP contribution in [-0.2, 0) is 13.1 Å². The largest absolute Gasteiger partial charge is 0.304 e. The number of hydrogen-bond acceptors (Lipinski definition) is 2. The molecule has 0 spiro atoms. The third kappa shape index (κ3) is 2.76. The number of halogens is 1. The summed E-state index contributed by atoms with van der Waals surface area (Å²) < 4.78 is 15.5. The van der Waals surface area contributed by atoms with Crippen molar-refractivity contribution in [2.45, 2.75) is 33.0 Å². The molecule has 0 radical (unpaired) electrons. The summed E-state index contributed by atoms with van der Waals surface area (Å²) in [7, 11) is 0. The van der Waals surface area contributed by atoms with Crippen molar-refractivity contribution in [3.05, 3.63) is 53.6 Å². The maximum absolute atomic E-state index is 13.6. The van der Waals surface area contributed by atoms with E-state index in [9.17, 15) is 4.39 Å². The van der Waals surface area contributed by atoms with E-state index < -0.39 is 0 Å². The van der Waals surface area contributed by atoms with Gasteiger partial charge in [-0.3, -0.25) is 4.68 Å². The van der Waals surface area contributed by atoms with Gasteiger partial charge in [0.2, 0.25) is 0 Å². The monoisotopic (exact) mass is 247 g/mol. The van der Waals surface area contributed by atoms with Crippen LogP contribution in [-0.4, -0.2) is 9.78 Å². The molecule has 0 aliphatic rings. The van der Waals surface area contributed by atoms with Crippen LogP contribution in [0.1, 0.15) is 31.1 Å². The molecule has 0 fully saturated rings. The van der Waals surface area contributed by atoms with Crippen LogP contribution in [0.25, 0.3) is 0 Å². The number of benzene rings is 1. The summed E-state index contributed by atoms with van der Waals surface area (Å²) in [5.41, 5.74) is 1.81. The first kappa shape index (κ1) is 12.8. The van der Waals surface area contributed by atoms with E-state index in [1.54, 1.807) is 12.3 Å². The molecular formula is C14H18FN3. The molecule has 0 amide bonds. The Balaban J connectivity index is 2.01. The summed E-state index contributed by atoms with van der Waals surface area (Å²) in [6.07, 6.45) is 1.79. The fourth-order valence-corrected chi connectivity index (χ4v) is 1.99. The van der Waals surface area contributed by atoms with E-state index in [0.717, 1.165) is 12.2 Å². The van der Waals surface area contributed by atoms with Crippen molar-refractivity contribution in [2.75, 3.05) is 0 Å². The number of rotatable bonds is 5. The summed E-state index contributed by atoms with van der Waals surface area (Å²) in [5, 5.41) is 7.52. The third-order valence-corrected chi connectivity index (χ3v) is 3.07. The molecule has 0 aliphatic heterocycles. The first-order valence-corrected chi connectivity index (χ1v) is 6.21. The Morgan fingerprint density at radius 3 is 2.83 bits per heavy atom. The van der Waals surface area contributed by atoms with Gasteiger partial charge in [-0.2, -0.15) is 5.10 Å². The fourth-order valence-electron chi connectivity index (χ4n) is 1.99. The minimum Gasteiger partial charge on any atom is -0.304 e. The predicted molar refractivity (Wildman–Crippen MR) is 69.6 cm³/mol. The lowest BCUT2D eigenvalue weighted by molar-refractivity contribution is 0.507. The Bertz CT molecular complexity index is 507. The van der Waals surface area contributed by atoms with Gasteiger partial charge < -0.3 is 5.32 Å².